The first-order chi connectivity index (χ1) is 9.28. The van der Waals surface area contributed by atoms with Crippen molar-refractivity contribution in [2.24, 2.45) is 0 Å². The van der Waals surface area contributed by atoms with E-state index in [2.05, 4.69) is 36.6 Å². The van der Waals surface area contributed by atoms with Gasteiger partial charge in [0.15, 0.2) is 0 Å². The molecule has 2 heterocycles. The fourth-order valence-electron chi connectivity index (χ4n) is 2.24. The molecule has 0 aliphatic rings. The molecule has 3 aromatic rings. The second-order valence-corrected chi connectivity index (χ2v) is 6.76. The minimum Gasteiger partial charge on any atom is -0.383 e. The Labute approximate surface area is 121 Å². The maximum atomic E-state index is 10.4. The molecule has 0 bridgehead atoms. The monoisotopic (exact) mass is 288 g/mol. The molecule has 2 aromatic heterocycles. The SMILES string of the molecule is CCCc1ccc(C(O)c2cc3sccc3s2)cc1. The van der Waals surface area contributed by atoms with Gasteiger partial charge in [0.25, 0.3) is 0 Å². The van der Waals surface area contributed by atoms with Gasteiger partial charge in [0.05, 0.1) is 0 Å². The largest absolute Gasteiger partial charge is 0.383 e. The van der Waals surface area contributed by atoms with E-state index in [1.54, 1.807) is 22.7 Å². The number of hydrogen-bond acceptors (Lipinski definition) is 3. The van der Waals surface area contributed by atoms with Crippen LogP contribution in [0, 0.1) is 0 Å². The Kier molecular flexibility index (Phi) is 3.69. The van der Waals surface area contributed by atoms with Gasteiger partial charge in [-0.2, -0.15) is 0 Å². The average molecular weight is 288 g/mol. The predicted octanol–water partition coefficient (Wildman–Crippen LogP) is 5.00. The van der Waals surface area contributed by atoms with Crippen LogP contribution in [0.5, 0.6) is 0 Å². The van der Waals surface area contributed by atoms with E-state index in [1.165, 1.54) is 15.0 Å². The predicted molar refractivity (Wildman–Crippen MR) is 84.2 cm³/mol. The van der Waals surface area contributed by atoms with Crippen molar-refractivity contribution in [2.75, 3.05) is 0 Å². The molecule has 3 rings (SSSR count). The van der Waals surface area contributed by atoms with Crippen LogP contribution in [-0.2, 0) is 6.42 Å². The quantitative estimate of drug-likeness (QED) is 0.716. The number of aliphatic hydroxyl groups excluding tert-OH is 1. The van der Waals surface area contributed by atoms with E-state index < -0.39 is 6.10 Å². The average Bonchev–Trinajstić information content (AvgIpc) is 3.00. The molecule has 0 amide bonds. The molecule has 1 aromatic carbocycles. The van der Waals surface area contributed by atoms with Crippen molar-refractivity contribution in [2.45, 2.75) is 25.9 Å². The van der Waals surface area contributed by atoms with Gasteiger partial charge in [-0.25, -0.2) is 0 Å². The van der Waals surface area contributed by atoms with Gasteiger partial charge < -0.3 is 5.11 Å². The lowest BCUT2D eigenvalue weighted by Gasteiger charge is -2.09. The molecule has 0 aliphatic heterocycles. The standard InChI is InChI=1S/C16H16OS2/c1-2-3-11-4-6-12(7-5-11)16(17)15-10-14-13(19-15)8-9-18-14/h4-10,16-17H,2-3H2,1H3. The molecule has 1 N–H and O–H groups in total. The lowest BCUT2D eigenvalue weighted by molar-refractivity contribution is 0.224. The first-order valence-corrected chi connectivity index (χ1v) is 8.21. The second kappa shape index (κ2) is 5.45. The molecule has 3 heteroatoms. The van der Waals surface area contributed by atoms with Crippen molar-refractivity contribution in [1.29, 1.82) is 0 Å². The highest BCUT2D eigenvalue weighted by molar-refractivity contribution is 7.26. The fourth-order valence-corrected chi connectivity index (χ4v) is 4.37. The molecule has 0 spiro atoms. The molecule has 0 saturated heterocycles. The van der Waals surface area contributed by atoms with Gasteiger partial charge in [-0.1, -0.05) is 37.6 Å². The Morgan fingerprint density at radius 1 is 1.11 bits per heavy atom. The number of rotatable bonds is 4. The van der Waals surface area contributed by atoms with E-state index in [-0.39, 0.29) is 0 Å². The summed E-state index contributed by atoms with van der Waals surface area (Å²) < 4.78 is 2.53. The summed E-state index contributed by atoms with van der Waals surface area (Å²) in [6.07, 6.45) is 1.76. The maximum Gasteiger partial charge on any atom is 0.113 e. The highest BCUT2D eigenvalue weighted by atomic mass is 32.1. The molecule has 98 valence electrons. The van der Waals surface area contributed by atoms with Gasteiger partial charge in [0, 0.05) is 14.3 Å². The van der Waals surface area contributed by atoms with Gasteiger partial charge in [-0.3, -0.25) is 0 Å². The number of thiophene rings is 2. The molecule has 1 nitrogen and oxygen atoms in total. The zero-order chi connectivity index (χ0) is 13.2. The van der Waals surface area contributed by atoms with E-state index in [9.17, 15) is 5.11 Å². The third-order valence-electron chi connectivity index (χ3n) is 3.26. The fraction of sp³-hybridized carbons (Fsp3) is 0.250. The molecular weight excluding hydrogens is 272 g/mol. The van der Waals surface area contributed by atoms with Crippen molar-refractivity contribution in [3.05, 3.63) is 57.8 Å². The number of aliphatic hydroxyl groups is 1. The number of aryl methyl sites for hydroxylation is 1. The first kappa shape index (κ1) is 12.9. The zero-order valence-corrected chi connectivity index (χ0v) is 12.4. The Morgan fingerprint density at radius 2 is 1.89 bits per heavy atom. The number of fused-ring (bicyclic) bond motifs is 1. The highest BCUT2D eigenvalue weighted by Gasteiger charge is 2.14. The Balaban J connectivity index is 1.86. The first-order valence-electron chi connectivity index (χ1n) is 6.52. The molecular formula is C16H16OS2. The Morgan fingerprint density at radius 3 is 2.58 bits per heavy atom. The third-order valence-corrected chi connectivity index (χ3v) is 5.41. The van der Waals surface area contributed by atoms with Crippen LogP contribution in [0.4, 0.5) is 0 Å². The minimum atomic E-state index is -0.500. The summed E-state index contributed by atoms with van der Waals surface area (Å²) in [5.74, 6) is 0. The van der Waals surface area contributed by atoms with Crippen LogP contribution in [0.25, 0.3) is 9.40 Å². The van der Waals surface area contributed by atoms with Crippen LogP contribution in [0.3, 0.4) is 0 Å². The third kappa shape index (κ3) is 2.59. The van der Waals surface area contributed by atoms with Gasteiger partial charge in [0.2, 0.25) is 0 Å². The van der Waals surface area contributed by atoms with E-state index in [1.807, 2.05) is 12.1 Å². The summed E-state index contributed by atoms with van der Waals surface area (Å²) in [6.45, 7) is 2.18. The summed E-state index contributed by atoms with van der Waals surface area (Å²) in [5, 5.41) is 12.5. The van der Waals surface area contributed by atoms with Gasteiger partial charge in [-0.05, 0) is 35.1 Å². The zero-order valence-electron chi connectivity index (χ0n) is 10.8. The van der Waals surface area contributed by atoms with Crippen molar-refractivity contribution in [3.8, 4) is 0 Å². The second-order valence-electron chi connectivity index (χ2n) is 4.69. The lowest BCUT2D eigenvalue weighted by atomic mass is 10.0. The van der Waals surface area contributed by atoms with E-state index in [0.29, 0.717) is 0 Å². The van der Waals surface area contributed by atoms with Crippen LogP contribution in [0.2, 0.25) is 0 Å². The summed E-state index contributed by atoms with van der Waals surface area (Å²) in [7, 11) is 0. The van der Waals surface area contributed by atoms with Crippen LogP contribution >= 0.6 is 22.7 Å². The van der Waals surface area contributed by atoms with E-state index in [4.69, 9.17) is 0 Å². The van der Waals surface area contributed by atoms with Crippen LogP contribution in [-0.4, -0.2) is 5.11 Å². The van der Waals surface area contributed by atoms with E-state index >= 15 is 0 Å². The lowest BCUT2D eigenvalue weighted by Crippen LogP contribution is -1.97. The van der Waals surface area contributed by atoms with Crippen LogP contribution in [0.1, 0.15) is 35.5 Å². The number of benzene rings is 1. The van der Waals surface area contributed by atoms with Crippen molar-refractivity contribution in [1.82, 2.24) is 0 Å². The maximum absolute atomic E-state index is 10.4. The molecule has 1 atom stereocenters. The molecule has 1 unspecified atom stereocenters. The normalized spacial score (nSPS) is 12.9. The smallest absolute Gasteiger partial charge is 0.113 e. The topological polar surface area (TPSA) is 20.2 Å². The van der Waals surface area contributed by atoms with Gasteiger partial charge >= 0.3 is 0 Å². The van der Waals surface area contributed by atoms with Crippen molar-refractivity contribution >= 4 is 32.1 Å². The molecule has 0 fully saturated rings. The number of hydrogen-bond donors (Lipinski definition) is 1. The van der Waals surface area contributed by atoms with Crippen molar-refractivity contribution in [3.63, 3.8) is 0 Å². The molecule has 0 radical (unpaired) electrons. The molecule has 19 heavy (non-hydrogen) atoms. The molecule has 0 aliphatic carbocycles. The van der Waals surface area contributed by atoms with Crippen LogP contribution in [0.15, 0.2) is 41.8 Å². The summed E-state index contributed by atoms with van der Waals surface area (Å²) in [4.78, 5) is 1.03. The van der Waals surface area contributed by atoms with E-state index in [0.717, 1.165) is 23.3 Å². The summed E-state index contributed by atoms with van der Waals surface area (Å²) in [6, 6.07) is 12.6. The highest BCUT2D eigenvalue weighted by Crippen LogP contribution is 2.35. The van der Waals surface area contributed by atoms with Gasteiger partial charge in [-0.15, -0.1) is 22.7 Å². The summed E-state index contributed by atoms with van der Waals surface area (Å²) in [5.41, 5.74) is 2.32. The minimum absolute atomic E-state index is 0.500. The Hall–Kier alpha value is -1.16. The molecule has 0 saturated carbocycles. The Bertz CT molecular complexity index is 635. The summed E-state index contributed by atoms with van der Waals surface area (Å²) >= 11 is 3.41. The van der Waals surface area contributed by atoms with Crippen molar-refractivity contribution < 1.29 is 5.11 Å². The van der Waals surface area contributed by atoms with Gasteiger partial charge in [0.1, 0.15) is 6.10 Å². The van der Waals surface area contributed by atoms with Crippen LogP contribution < -0.4 is 0 Å².